The second-order valence-electron chi connectivity index (χ2n) is 7.86. The zero-order chi connectivity index (χ0) is 23.3. The van der Waals surface area contributed by atoms with Gasteiger partial charge < -0.3 is 16.4 Å². The molecular formula is C24H26N6O2S. The molecule has 8 nitrogen and oxygen atoms in total. The van der Waals surface area contributed by atoms with Crippen molar-refractivity contribution in [3.05, 3.63) is 77.6 Å². The maximum atomic E-state index is 12.8. The molecule has 2 aromatic carbocycles. The molecule has 9 heteroatoms. The van der Waals surface area contributed by atoms with Crippen LogP contribution in [0.2, 0.25) is 0 Å². The Morgan fingerprint density at radius 2 is 1.70 bits per heavy atom. The fourth-order valence-electron chi connectivity index (χ4n) is 3.65. The summed E-state index contributed by atoms with van der Waals surface area (Å²) in [5.74, 6) is 0.445. The Hall–Kier alpha value is -3.56. The van der Waals surface area contributed by atoms with Gasteiger partial charge in [-0.15, -0.1) is 0 Å². The standard InChI is InChI=1S/C24H26N6O2S/c25-23(26)19-3-1-2-17(14-19)4-5-18-15-28-24(29-16-18)30-20-6-8-21(9-7-20)33(31,32)22-10-12-27-13-11-22/h1-9,14-16,22,27H,10-13H2,(H3,25,26)(H,28,29,30)/b5-4+. The van der Waals surface area contributed by atoms with Crippen LogP contribution in [0.15, 0.2) is 65.8 Å². The van der Waals surface area contributed by atoms with Crippen LogP contribution < -0.4 is 16.4 Å². The highest BCUT2D eigenvalue weighted by Crippen LogP contribution is 2.24. The summed E-state index contributed by atoms with van der Waals surface area (Å²) < 4.78 is 25.6. The second kappa shape index (κ2) is 9.93. The minimum absolute atomic E-state index is 0.0286. The number of hydrogen-bond donors (Lipinski definition) is 4. The van der Waals surface area contributed by atoms with E-state index in [1.165, 1.54) is 0 Å². The second-order valence-corrected chi connectivity index (χ2v) is 10.1. The molecule has 1 aliphatic heterocycles. The number of amidine groups is 1. The molecule has 0 unspecified atom stereocenters. The van der Waals surface area contributed by atoms with Gasteiger partial charge in [0.2, 0.25) is 5.95 Å². The molecule has 0 saturated carbocycles. The number of piperidine rings is 1. The molecule has 0 atom stereocenters. The van der Waals surface area contributed by atoms with Crippen molar-refractivity contribution in [1.82, 2.24) is 15.3 Å². The lowest BCUT2D eigenvalue weighted by Crippen LogP contribution is -2.35. The van der Waals surface area contributed by atoms with Crippen LogP contribution in [0.25, 0.3) is 12.2 Å². The summed E-state index contributed by atoms with van der Waals surface area (Å²) in [6.07, 6.45) is 8.44. The zero-order valence-corrected chi connectivity index (χ0v) is 18.8. The van der Waals surface area contributed by atoms with Crippen molar-refractivity contribution in [2.75, 3.05) is 18.4 Å². The number of rotatable bonds is 7. The number of hydrogen-bond acceptors (Lipinski definition) is 7. The number of nitrogens with zero attached hydrogens (tertiary/aromatic N) is 2. The Balaban J connectivity index is 1.40. The summed E-state index contributed by atoms with van der Waals surface area (Å²) in [5, 5.41) is 13.5. The van der Waals surface area contributed by atoms with E-state index in [1.807, 2.05) is 30.4 Å². The summed E-state index contributed by atoms with van der Waals surface area (Å²) in [7, 11) is -3.32. The fourth-order valence-corrected chi connectivity index (χ4v) is 5.40. The van der Waals surface area contributed by atoms with Gasteiger partial charge in [0.05, 0.1) is 10.1 Å². The van der Waals surface area contributed by atoms with E-state index >= 15 is 0 Å². The summed E-state index contributed by atoms with van der Waals surface area (Å²) in [4.78, 5) is 8.99. The van der Waals surface area contributed by atoms with Crippen LogP contribution in [0.3, 0.4) is 0 Å². The van der Waals surface area contributed by atoms with Crippen molar-refractivity contribution in [3.63, 3.8) is 0 Å². The van der Waals surface area contributed by atoms with E-state index in [4.69, 9.17) is 11.1 Å². The first-order valence-corrected chi connectivity index (χ1v) is 12.2. The smallest absolute Gasteiger partial charge is 0.227 e. The van der Waals surface area contributed by atoms with Crippen LogP contribution in [0.1, 0.15) is 29.5 Å². The minimum Gasteiger partial charge on any atom is -0.384 e. The molecule has 0 radical (unpaired) electrons. The molecular weight excluding hydrogens is 436 g/mol. The Morgan fingerprint density at radius 1 is 1.03 bits per heavy atom. The fraction of sp³-hybridized carbons (Fsp3) is 0.208. The van der Waals surface area contributed by atoms with E-state index in [9.17, 15) is 8.42 Å². The van der Waals surface area contributed by atoms with E-state index in [0.29, 0.717) is 34.9 Å². The van der Waals surface area contributed by atoms with Crippen LogP contribution in [0.4, 0.5) is 11.6 Å². The monoisotopic (exact) mass is 462 g/mol. The molecule has 170 valence electrons. The van der Waals surface area contributed by atoms with Crippen LogP contribution in [-0.2, 0) is 9.84 Å². The molecule has 2 heterocycles. The molecule has 0 bridgehead atoms. The average molecular weight is 463 g/mol. The first-order chi connectivity index (χ1) is 15.9. The molecule has 0 aliphatic carbocycles. The minimum atomic E-state index is -3.32. The molecule has 3 aromatic rings. The van der Waals surface area contributed by atoms with Crippen LogP contribution in [-0.4, -0.2) is 42.6 Å². The van der Waals surface area contributed by atoms with E-state index in [1.54, 1.807) is 42.7 Å². The highest BCUT2D eigenvalue weighted by atomic mass is 32.2. The van der Waals surface area contributed by atoms with E-state index in [0.717, 1.165) is 24.2 Å². The van der Waals surface area contributed by atoms with Gasteiger partial charge in [0.1, 0.15) is 5.84 Å². The number of nitrogen functional groups attached to an aromatic ring is 1. The lowest BCUT2D eigenvalue weighted by molar-refractivity contribution is 0.496. The summed E-state index contributed by atoms with van der Waals surface area (Å²) in [5.41, 5.74) is 8.65. The Labute approximate surface area is 193 Å². The van der Waals surface area contributed by atoms with E-state index in [2.05, 4.69) is 20.6 Å². The molecule has 0 spiro atoms. The van der Waals surface area contributed by atoms with Crippen LogP contribution >= 0.6 is 0 Å². The maximum Gasteiger partial charge on any atom is 0.227 e. The first kappa shape index (κ1) is 22.6. The van der Waals surface area contributed by atoms with Gasteiger partial charge in [-0.3, -0.25) is 5.41 Å². The molecule has 0 amide bonds. The highest BCUT2D eigenvalue weighted by Gasteiger charge is 2.28. The third kappa shape index (κ3) is 5.63. The number of nitrogens with one attached hydrogen (secondary N) is 3. The predicted octanol–water partition coefficient (Wildman–Crippen LogP) is 3.20. The van der Waals surface area contributed by atoms with Crippen molar-refractivity contribution in [3.8, 4) is 0 Å². The third-order valence-corrected chi connectivity index (χ3v) is 7.78. The SMILES string of the molecule is N=C(N)c1cccc(/C=C/c2cnc(Nc3ccc(S(=O)(=O)C4CCNCC4)cc3)nc2)c1. The van der Waals surface area contributed by atoms with Gasteiger partial charge in [-0.2, -0.15) is 0 Å². The number of benzene rings is 2. The lowest BCUT2D eigenvalue weighted by atomic mass is 10.1. The zero-order valence-electron chi connectivity index (χ0n) is 18.0. The van der Waals surface area contributed by atoms with Crippen molar-refractivity contribution < 1.29 is 8.42 Å². The average Bonchev–Trinajstić information content (AvgIpc) is 2.85. The molecule has 1 fully saturated rings. The molecule has 4 rings (SSSR count). The third-order valence-electron chi connectivity index (χ3n) is 5.50. The normalized spacial score (nSPS) is 14.9. The topological polar surface area (TPSA) is 134 Å². The van der Waals surface area contributed by atoms with Gasteiger partial charge in [0, 0.05) is 29.2 Å². The largest absolute Gasteiger partial charge is 0.384 e. The lowest BCUT2D eigenvalue weighted by Gasteiger charge is -2.22. The van der Waals surface area contributed by atoms with Crippen molar-refractivity contribution >= 4 is 39.5 Å². The Morgan fingerprint density at radius 3 is 2.36 bits per heavy atom. The Kier molecular flexibility index (Phi) is 6.81. The number of anilines is 2. The van der Waals surface area contributed by atoms with Crippen LogP contribution in [0.5, 0.6) is 0 Å². The molecule has 33 heavy (non-hydrogen) atoms. The number of nitrogens with two attached hydrogens (primary N) is 1. The van der Waals surface area contributed by atoms with Gasteiger partial charge in [0.15, 0.2) is 9.84 Å². The number of aromatic nitrogens is 2. The van der Waals surface area contributed by atoms with Gasteiger partial charge in [-0.25, -0.2) is 18.4 Å². The summed E-state index contributed by atoms with van der Waals surface area (Å²) >= 11 is 0. The first-order valence-electron chi connectivity index (χ1n) is 10.7. The molecule has 1 aliphatic rings. The van der Waals surface area contributed by atoms with Gasteiger partial charge >= 0.3 is 0 Å². The molecule has 1 aromatic heterocycles. The van der Waals surface area contributed by atoms with E-state index in [-0.39, 0.29) is 11.1 Å². The van der Waals surface area contributed by atoms with Gasteiger partial charge in [-0.05, 0) is 61.8 Å². The predicted molar refractivity (Wildman–Crippen MR) is 131 cm³/mol. The van der Waals surface area contributed by atoms with Gasteiger partial charge in [0.25, 0.3) is 0 Å². The summed E-state index contributed by atoms with van der Waals surface area (Å²) in [6.45, 7) is 1.47. The quantitative estimate of drug-likeness (QED) is 0.313. The van der Waals surface area contributed by atoms with E-state index < -0.39 is 9.84 Å². The van der Waals surface area contributed by atoms with Crippen molar-refractivity contribution in [2.24, 2.45) is 5.73 Å². The number of sulfone groups is 1. The van der Waals surface area contributed by atoms with Crippen molar-refractivity contribution in [1.29, 1.82) is 5.41 Å². The van der Waals surface area contributed by atoms with Crippen molar-refractivity contribution in [2.45, 2.75) is 23.0 Å². The van der Waals surface area contributed by atoms with Gasteiger partial charge in [-0.1, -0.05) is 30.4 Å². The van der Waals surface area contributed by atoms with Crippen LogP contribution in [0, 0.1) is 5.41 Å². The Bertz CT molecular complexity index is 1250. The highest BCUT2D eigenvalue weighted by molar-refractivity contribution is 7.92. The summed E-state index contributed by atoms with van der Waals surface area (Å²) in [6, 6.07) is 14.1. The molecule has 5 N–H and O–H groups in total. The molecule has 1 saturated heterocycles. The maximum absolute atomic E-state index is 12.8.